The molecule has 0 fully saturated rings. The van der Waals surface area contributed by atoms with Crippen LogP contribution in [0.2, 0.25) is 0 Å². The maximum absolute atomic E-state index is 8.00. The van der Waals surface area contributed by atoms with E-state index >= 15 is 0 Å². The molecule has 0 radical (unpaired) electrons. The fraction of sp³-hybridized carbons (Fsp3) is 0. The van der Waals surface area contributed by atoms with Gasteiger partial charge in [-0.25, -0.2) is 0 Å². The molecule has 0 spiro atoms. The summed E-state index contributed by atoms with van der Waals surface area (Å²) in [4.78, 5) is 0. The molecule has 8 heteroatoms. The zero-order valence-electron chi connectivity index (χ0n) is 4.46. The molecule has 0 rings (SSSR count). The second kappa shape index (κ2) is 8.93. The standard InChI is InChI=1S/3In.HNO.H2N.2HN.2H/c;;;1-2;;;;;/h;;;2H;1H2;2*1H;;/q;;+1;;-1;;;;. The molecule has 0 aromatic carbocycles. The average Bonchev–Trinajstić information content (AvgIpc) is 1.81. The Bertz CT molecular complexity index is 64.3. The van der Waals surface area contributed by atoms with Crippen LogP contribution < -0.4 is 6.31 Å². The summed E-state index contributed by atoms with van der Waals surface area (Å²) >= 11 is -2.80. The second-order valence-electron chi connectivity index (χ2n) is 1.08. The predicted molar refractivity (Wildman–Crippen MR) is 34.7 cm³/mol. The Morgan fingerprint density at radius 3 is 3.00 bits per heavy atom. The van der Waals surface area contributed by atoms with Crippen molar-refractivity contribution in [3.8, 4) is 0 Å². The van der Waals surface area contributed by atoms with Crippen LogP contribution in [0, 0.1) is 0 Å². The first-order valence-electron chi connectivity index (χ1n) is 2.22. The molecule has 0 aromatic rings. The second-order valence-corrected chi connectivity index (χ2v) is 24.6. The molecule has 0 atom stereocenters. The first-order valence-corrected chi connectivity index (χ1v) is 13.7. The number of hydrogen-bond acceptors (Lipinski definition) is 4. The van der Waals surface area contributed by atoms with Gasteiger partial charge < -0.3 is 0 Å². The van der Waals surface area contributed by atoms with Gasteiger partial charge in [-0.2, -0.15) is 0 Å². The fourth-order valence-electron chi connectivity index (χ4n) is 0.231. The molecule has 0 aliphatic heterocycles. The first-order chi connectivity index (χ1) is 3.91. The van der Waals surface area contributed by atoms with Gasteiger partial charge in [-0.3, -0.25) is 0 Å². The number of nitrogens with two attached hydrogens (primary N) is 1. The molecule has 42 valence electrons. The molecule has 5 N–H and O–H groups in total. The topological polar surface area (TPSA) is 82.7 Å². The minimum atomic E-state index is -1.04. The summed E-state index contributed by atoms with van der Waals surface area (Å²) in [5, 5.41) is 8.00. The molecular weight excluding hydrogens is 416 g/mol. The molecule has 0 saturated heterocycles. The number of rotatable bonds is 4. The third kappa shape index (κ3) is 7.93. The van der Waals surface area contributed by atoms with Crippen LogP contribution >= 0.6 is 0 Å². The summed E-state index contributed by atoms with van der Waals surface area (Å²) in [6, 6.07) is 0. The van der Waals surface area contributed by atoms with Crippen LogP contribution in [0.15, 0.2) is 3.08 Å². The Labute approximate surface area is 83.1 Å². The van der Waals surface area contributed by atoms with Gasteiger partial charge >= 0.3 is 84.6 Å². The third-order valence-corrected chi connectivity index (χ3v) is 21.2. The van der Waals surface area contributed by atoms with E-state index in [4.69, 9.17) is 8.93 Å². The van der Waals surface area contributed by atoms with Gasteiger partial charge in [0.1, 0.15) is 0 Å². The summed E-state index contributed by atoms with van der Waals surface area (Å²) in [7, 11) is 0. The van der Waals surface area contributed by atoms with Crippen molar-refractivity contribution >= 4 is 70.0 Å². The Kier molecular flexibility index (Phi) is 11.1. The van der Waals surface area contributed by atoms with Crippen molar-refractivity contribution in [3.05, 3.63) is 0 Å². The van der Waals surface area contributed by atoms with Crippen LogP contribution in [-0.4, -0.2) is 75.2 Å². The molecule has 0 heterocycles. The van der Waals surface area contributed by atoms with E-state index in [1.54, 1.807) is 0 Å². The molecule has 8 heavy (non-hydrogen) atoms. The zero-order chi connectivity index (χ0) is 6.24. The van der Waals surface area contributed by atoms with E-state index in [9.17, 15) is 0 Å². The van der Waals surface area contributed by atoms with E-state index in [1.807, 2.05) is 0 Å². The molecule has 0 unspecified atom stereocenters. The van der Waals surface area contributed by atoms with E-state index in [2.05, 4.69) is 5.66 Å². The normalized spacial score (nSPS) is 8.12. The van der Waals surface area contributed by atoms with E-state index in [0.29, 0.717) is 0 Å². The molecule has 5 nitrogen and oxygen atoms in total. The van der Waals surface area contributed by atoms with Crippen LogP contribution in [0.1, 0.15) is 0 Å². The molecule has 0 aliphatic rings. The molecule has 0 aliphatic carbocycles. The van der Waals surface area contributed by atoms with Gasteiger partial charge in [-0.05, 0) is 0 Å². The average molecular weight is 424 g/mol. The minimum absolute atomic E-state index is 0.837. The molecule has 0 saturated carbocycles. The van der Waals surface area contributed by atoms with Crippen molar-refractivity contribution in [2.24, 2.45) is 6.80 Å². The Morgan fingerprint density at radius 1 is 1.75 bits per heavy atom. The predicted octanol–water partition coefficient (Wildman–Crippen LogP) is -3.15. The monoisotopic (exact) mass is 424 g/mol. The number of hydrogen-bond donors (Lipinski definition) is 4. The van der Waals surface area contributed by atoms with Crippen LogP contribution in [0.5, 0.6) is 0 Å². The zero-order valence-corrected chi connectivity index (χ0v) is 15.8. The Hall–Kier alpha value is 1.93. The molecule has 0 bridgehead atoms. The SMILES string of the molecule is [NH2][InH][NH][InH][NH][In]=[N]O. The van der Waals surface area contributed by atoms with E-state index in [-0.39, 0.29) is 0 Å². The summed E-state index contributed by atoms with van der Waals surface area (Å²) < 4.78 is 14.9. The van der Waals surface area contributed by atoms with Gasteiger partial charge in [-0.1, -0.05) is 0 Å². The van der Waals surface area contributed by atoms with E-state index in [1.165, 1.54) is 0 Å². The summed E-state index contributed by atoms with van der Waals surface area (Å²) in [6.45, 7) is 0. The Balaban J connectivity index is 2.72. The van der Waals surface area contributed by atoms with Gasteiger partial charge in [0.2, 0.25) is 0 Å². The van der Waals surface area contributed by atoms with E-state index < -0.39 is 70.0 Å². The quantitative estimate of drug-likeness (QED) is 0.284. The van der Waals surface area contributed by atoms with Gasteiger partial charge in [-0.15, -0.1) is 0 Å². The summed E-state index contributed by atoms with van der Waals surface area (Å²) in [5.74, 6) is 0. The van der Waals surface area contributed by atoms with Gasteiger partial charge in [0.15, 0.2) is 0 Å². The van der Waals surface area contributed by atoms with Crippen LogP contribution in [0.4, 0.5) is 0 Å². The molecular formula is H7In3N4O. The fourth-order valence-corrected chi connectivity index (χ4v) is 28.9. The van der Waals surface area contributed by atoms with Gasteiger partial charge in [0.05, 0.1) is 0 Å². The van der Waals surface area contributed by atoms with Gasteiger partial charge in [0, 0.05) is 0 Å². The van der Waals surface area contributed by atoms with Crippen molar-refractivity contribution in [3.63, 3.8) is 0 Å². The number of nitrogens with one attached hydrogen (secondary N) is 2. The first kappa shape index (κ1) is 9.93. The van der Waals surface area contributed by atoms with Gasteiger partial charge in [0.25, 0.3) is 0 Å². The third-order valence-electron chi connectivity index (χ3n) is 0.520. The summed E-state index contributed by atoms with van der Waals surface area (Å²) in [6.07, 6.45) is 0. The van der Waals surface area contributed by atoms with Crippen LogP contribution in [-0.2, 0) is 0 Å². The number of nitrogens with zero attached hydrogens (tertiary/aromatic N) is 1. The van der Waals surface area contributed by atoms with Crippen molar-refractivity contribution in [1.29, 1.82) is 0 Å². The van der Waals surface area contributed by atoms with Crippen LogP contribution in [0.25, 0.3) is 0 Å². The van der Waals surface area contributed by atoms with Crippen molar-refractivity contribution in [2.45, 2.75) is 0 Å². The van der Waals surface area contributed by atoms with Crippen LogP contribution in [0.3, 0.4) is 0 Å². The van der Waals surface area contributed by atoms with Crippen molar-refractivity contribution in [1.82, 2.24) is 2.58 Å². The van der Waals surface area contributed by atoms with E-state index in [0.717, 1.165) is 0 Å². The maximum atomic E-state index is 8.00. The van der Waals surface area contributed by atoms with Crippen molar-refractivity contribution < 1.29 is 5.21 Å². The summed E-state index contributed by atoms with van der Waals surface area (Å²) in [5.41, 5.74) is 0. The Morgan fingerprint density at radius 2 is 2.50 bits per heavy atom. The van der Waals surface area contributed by atoms with Crippen molar-refractivity contribution in [2.75, 3.05) is 0 Å². The molecule has 0 aromatic heterocycles. The molecule has 0 amide bonds.